The fourth-order valence-corrected chi connectivity index (χ4v) is 2.35. The van der Waals surface area contributed by atoms with E-state index in [0.29, 0.717) is 25.1 Å². The van der Waals surface area contributed by atoms with Crippen LogP contribution in [0.5, 0.6) is 5.75 Å². The predicted octanol–water partition coefficient (Wildman–Crippen LogP) is 2.62. The lowest BCUT2D eigenvalue weighted by molar-refractivity contribution is -0.118. The van der Waals surface area contributed by atoms with Gasteiger partial charge in [0, 0.05) is 31.1 Å². The van der Waals surface area contributed by atoms with Crippen LogP contribution in [0.25, 0.3) is 11.1 Å². The fourth-order valence-electron chi connectivity index (χ4n) is 2.35. The highest BCUT2D eigenvalue weighted by Crippen LogP contribution is 2.30. The highest BCUT2D eigenvalue weighted by molar-refractivity contribution is 5.96. The Morgan fingerprint density at radius 3 is 2.38 bits per heavy atom. The molecule has 0 heterocycles. The molecular formula is C19H22N2O3. The third-order valence-electron chi connectivity index (χ3n) is 3.56. The first-order chi connectivity index (χ1) is 11.6. The van der Waals surface area contributed by atoms with Crippen molar-refractivity contribution in [1.82, 2.24) is 10.6 Å². The molecule has 0 aliphatic heterocycles. The van der Waals surface area contributed by atoms with E-state index in [1.807, 2.05) is 36.4 Å². The van der Waals surface area contributed by atoms with Crippen LogP contribution in [-0.2, 0) is 4.79 Å². The number of amides is 2. The van der Waals surface area contributed by atoms with Crippen molar-refractivity contribution in [2.75, 3.05) is 20.2 Å². The van der Waals surface area contributed by atoms with Crippen molar-refractivity contribution >= 4 is 11.8 Å². The van der Waals surface area contributed by atoms with E-state index in [-0.39, 0.29) is 11.8 Å². The zero-order chi connectivity index (χ0) is 17.4. The number of rotatable bonds is 7. The summed E-state index contributed by atoms with van der Waals surface area (Å²) in [6.45, 7) is 2.53. The van der Waals surface area contributed by atoms with E-state index in [4.69, 9.17) is 4.74 Å². The molecule has 126 valence electrons. The van der Waals surface area contributed by atoms with E-state index >= 15 is 0 Å². The molecule has 0 saturated carbocycles. The second kappa shape index (κ2) is 8.72. The molecule has 2 rings (SSSR count). The van der Waals surface area contributed by atoms with Gasteiger partial charge in [-0.2, -0.15) is 0 Å². The second-order valence-electron chi connectivity index (χ2n) is 5.37. The minimum Gasteiger partial charge on any atom is -0.496 e. The maximum absolute atomic E-state index is 12.3. The molecule has 0 atom stereocenters. The molecule has 0 fully saturated rings. The van der Waals surface area contributed by atoms with Crippen molar-refractivity contribution in [3.05, 3.63) is 54.1 Å². The number of hydrogen-bond donors (Lipinski definition) is 2. The monoisotopic (exact) mass is 326 g/mol. The van der Waals surface area contributed by atoms with Crippen molar-refractivity contribution in [3.63, 3.8) is 0 Å². The normalized spacial score (nSPS) is 10.1. The van der Waals surface area contributed by atoms with Crippen molar-refractivity contribution in [1.29, 1.82) is 0 Å². The molecule has 2 N–H and O–H groups in total. The molecule has 0 bridgehead atoms. The summed E-state index contributed by atoms with van der Waals surface area (Å²) in [5.74, 6) is 0.519. The van der Waals surface area contributed by atoms with Crippen LogP contribution in [0.2, 0.25) is 0 Å². The molecule has 0 spiro atoms. The maximum atomic E-state index is 12.3. The number of nitrogens with one attached hydrogen (secondary N) is 2. The molecule has 0 unspecified atom stereocenters. The lowest BCUT2D eigenvalue weighted by Crippen LogP contribution is -2.28. The highest BCUT2D eigenvalue weighted by Gasteiger charge is 2.11. The van der Waals surface area contributed by atoms with Gasteiger partial charge in [0.2, 0.25) is 5.91 Å². The Bertz CT molecular complexity index is 699. The van der Waals surface area contributed by atoms with Gasteiger partial charge in [-0.25, -0.2) is 0 Å². The van der Waals surface area contributed by atoms with Crippen molar-refractivity contribution in [2.24, 2.45) is 0 Å². The summed E-state index contributed by atoms with van der Waals surface area (Å²) in [6, 6.07) is 15.2. The van der Waals surface area contributed by atoms with E-state index < -0.39 is 0 Å². The molecule has 5 heteroatoms. The van der Waals surface area contributed by atoms with Gasteiger partial charge in [0.25, 0.3) is 5.91 Å². The summed E-state index contributed by atoms with van der Waals surface area (Å²) in [5.41, 5.74) is 2.45. The zero-order valence-corrected chi connectivity index (χ0v) is 14.0. The Morgan fingerprint density at radius 2 is 1.71 bits per heavy atom. The average Bonchev–Trinajstić information content (AvgIpc) is 2.61. The Morgan fingerprint density at radius 1 is 1.00 bits per heavy atom. The van der Waals surface area contributed by atoms with Crippen LogP contribution in [0.4, 0.5) is 0 Å². The lowest BCUT2D eigenvalue weighted by atomic mass is 10.0. The van der Waals surface area contributed by atoms with Crippen molar-refractivity contribution in [3.8, 4) is 16.9 Å². The second-order valence-corrected chi connectivity index (χ2v) is 5.37. The average molecular weight is 326 g/mol. The van der Waals surface area contributed by atoms with E-state index in [1.165, 1.54) is 6.92 Å². The minimum atomic E-state index is -0.141. The van der Waals surface area contributed by atoms with E-state index in [2.05, 4.69) is 10.6 Å². The van der Waals surface area contributed by atoms with Crippen LogP contribution < -0.4 is 15.4 Å². The quantitative estimate of drug-likeness (QED) is 0.769. The fraction of sp³-hybridized carbons (Fsp3) is 0.263. The van der Waals surface area contributed by atoms with E-state index in [1.54, 1.807) is 19.2 Å². The van der Waals surface area contributed by atoms with Crippen LogP contribution in [-0.4, -0.2) is 32.0 Å². The Kier molecular flexibility index (Phi) is 6.37. The molecule has 5 nitrogen and oxygen atoms in total. The smallest absolute Gasteiger partial charge is 0.251 e. The summed E-state index contributed by atoms with van der Waals surface area (Å²) < 4.78 is 5.40. The van der Waals surface area contributed by atoms with Crippen LogP contribution in [0.1, 0.15) is 23.7 Å². The first-order valence-corrected chi connectivity index (χ1v) is 7.88. The summed E-state index contributed by atoms with van der Waals surface area (Å²) in [4.78, 5) is 23.1. The van der Waals surface area contributed by atoms with Gasteiger partial charge >= 0.3 is 0 Å². The van der Waals surface area contributed by atoms with Gasteiger partial charge in [-0.1, -0.05) is 30.3 Å². The largest absolute Gasteiger partial charge is 0.496 e. The van der Waals surface area contributed by atoms with Crippen LogP contribution in [0.15, 0.2) is 48.5 Å². The van der Waals surface area contributed by atoms with Crippen LogP contribution in [0.3, 0.4) is 0 Å². The Balaban J connectivity index is 2.05. The van der Waals surface area contributed by atoms with Crippen molar-refractivity contribution in [2.45, 2.75) is 13.3 Å². The third kappa shape index (κ3) is 4.84. The molecule has 0 saturated heterocycles. The SMILES string of the molecule is COc1ccc(C(=O)NCCCNC(C)=O)cc1-c1ccccc1. The molecule has 24 heavy (non-hydrogen) atoms. The number of carbonyl (C=O) groups excluding carboxylic acids is 2. The molecule has 2 amide bonds. The van der Waals surface area contributed by atoms with Gasteiger partial charge in [0.05, 0.1) is 7.11 Å². The molecular weight excluding hydrogens is 304 g/mol. The number of hydrogen-bond acceptors (Lipinski definition) is 3. The van der Waals surface area contributed by atoms with Crippen molar-refractivity contribution < 1.29 is 14.3 Å². The Hall–Kier alpha value is -2.82. The van der Waals surface area contributed by atoms with Crippen LogP contribution >= 0.6 is 0 Å². The zero-order valence-electron chi connectivity index (χ0n) is 14.0. The molecule has 2 aromatic rings. The van der Waals surface area contributed by atoms with Gasteiger partial charge in [-0.3, -0.25) is 9.59 Å². The molecule has 0 aliphatic rings. The highest BCUT2D eigenvalue weighted by atomic mass is 16.5. The molecule has 0 aromatic heterocycles. The first-order valence-electron chi connectivity index (χ1n) is 7.88. The third-order valence-corrected chi connectivity index (χ3v) is 3.56. The van der Waals surface area contributed by atoms with Crippen LogP contribution in [0, 0.1) is 0 Å². The minimum absolute atomic E-state index is 0.0658. The summed E-state index contributed by atoms with van der Waals surface area (Å²) in [5, 5.41) is 5.56. The van der Waals surface area contributed by atoms with Gasteiger partial charge < -0.3 is 15.4 Å². The molecule has 0 aliphatic carbocycles. The number of carbonyl (C=O) groups is 2. The van der Waals surface area contributed by atoms with Gasteiger partial charge in [-0.05, 0) is 30.2 Å². The standard InChI is InChI=1S/C19H22N2O3/c1-14(22)20-11-6-12-21-19(23)16-9-10-18(24-2)17(13-16)15-7-4-3-5-8-15/h3-5,7-10,13H,6,11-12H2,1-2H3,(H,20,22)(H,21,23). The maximum Gasteiger partial charge on any atom is 0.251 e. The number of methoxy groups -OCH3 is 1. The van der Waals surface area contributed by atoms with Gasteiger partial charge in [0.15, 0.2) is 0 Å². The Labute approximate surface area is 142 Å². The lowest BCUT2D eigenvalue weighted by Gasteiger charge is -2.11. The number of ether oxygens (including phenoxy) is 1. The molecule has 2 aromatic carbocycles. The number of benzene rings is 2. The van der Waals surface area contributed by atoms with E-state index in [0.717, 1.165) is 16.9 Å². The summed E-state index contributed by atoms with van der Waals surface area (Å²) in [6.07, 6.45) is 0.688. The topological polar surface area (TPSA) is 67.4 Å². The molecule has 0 radical (unpaired) electrons. The van der Waals surface area contributed by atoms with Gasteiger partial charge in [0.1, 0.15) is 5.75 Å². The first kappa shape index (κ1) is 17.5. The predicted molar refractivity (Wildman–Crippen MR) is 94.1 cm³/mol. The van der Waals surface area contributed by atoms with Gasteiger partial charge in [-0.15, -0.1) is 0 Å². The summed E-state index contributed by atoms with van der Waals surface area (Å²) in [7, 11) is 1.61. The summed E-state index contributed by atoms with van der Waals surface area (Å²) >= 11 is 0. The van der Waals surface area contributed by atoms with E-state index in [9.17, 15) is 9.59 Å².